The number of nitrogens with zero attached hydrogens (tertiary/aromatic N) is 1. The van der Waals surface area contributed by atoms with Crippen LogP contribution in [0.25, 0.3) is 10.9 Å². The minimum absolute atomic E-state index is 0.116. The van der Waals surface area contributed by atoms with Crippen LogP contribution in [-0.2, 0) is 4.79 Å². The fraction of sp³-hybridized carbons (Fsp3) is 0.250. The second-order valence-electron chi connectivity index (χ2n) is 7.00. The maximum Gasteiger partial charge on any atom is 0.227 e. The summed E-state index contributed by atoms with van der Waals surface area (Å²) in [5.41, 5.74) is 3.45. The Kier molecular flexibility index (Phi) is 5.16. The highest BCUT2D eigenvalue weighted by atomic mass is 16.1. The Labute approximate surface area is 159 Å². The lowest BCUT2D eigenvalue weighted by Crippen LogP contribution is -2.24. The molecule has 0 bridgehead atoms. The van der Waals surface area contributed by atoms with Crippen molar-refractivity contribution >= 4 is 22.5 Å². The van der Waals surface area contributed by atoms with E-state index < -0.39 is 0 Å². The van der Waals surface area contributed by atoms with Gasteiger partial charge in [0.2, 0.25) is 5.91 Å². The number of carbonyl (C=O) groups is 1. The van der Waals surface area contributed by atoms with Crippen molar-refractivity contribution in [2.45, 2.75) is 32.1 Å². The van der Waals surface area contributed by atoms with Gasteiger partial charge in [-0.15, -0.1) is 0 Å². The summed E-state index contributed by atoms with van der Waals surface area (Å²) in [5, 5.41) is 4.07. The van der Waals surface area contributed by atoms with E-state index in [-0.39, 0.29) is 11.8 Å². The quantitative estimate of drug-likeness (QED) is 0.646. The van der Waals surface area contributed by atoms with Crippen LogP contribution in [0, 0.1) is 17.8 Å². The van der Waals surface area contributed by atoms with E-state index in [1.807, 2.05) is 54.6 Å². The van der Waals surface area contributed by atoms with Gasteiger partial charge in [-0.05, 0) is 49.2 Å². The summed E-state index contributed by atoms with van der Waals surface area (Å²) in [6, 6.07) is 17.7. The monoisotopic (exact) mass is 354 g/mol. The number of nitrogens with one attached hydrogen (secondary N) is 1. The second-order valence-corrected chi connectivity index (χ2v) is 7.00. The summed E-state index contributed by atoms with van der Waals surface area (Å²) >= 11 is 0. The number of hydrogen-bond donors (Lipinski definition) is 1. The van der Waals surface area contributed by atoms with Crippen molar-refractivity contribution in [2.75, 3.05) is 5.32 Å². The van der Waals surface area contributed by atoms with E-state index in [1.165, 1.54) is 6.42 Å². The third kappa shape index (κ3) is 4.01. The number of aromatic nitrogens is 1. The topological polar surface area (TPSA) is 42.0 Å². The number of benzene rings is 2. The lowest BCUT2D eigenvalue weighted by Gasteiger charge is -2.21. The third-order valence-electron chi connectivity index (χ3n) is 5.12. The summed E-state index contributed by atoms with van der Waals surface area (Å²) in [6.07, 6.45) is 7.25. The van der Waals surface area contributed by atoms with Gasteiger partial charge in [-0.25, -0.2) is 0 Å². The van der Waals surface area contributed by atoms with Crippen molar-refractivity contribution < 1.29 is 4.79 Å². The number of carbonyl (C=O) groups excluding carboxylic acids is 1. The van der Waals surface area contributed by atoms with E-state index >= 15 is 0 Å². The zero-order valence-corrected chi connectivity index (χ0v) is 15.2. The molecule has 0 aliphatic heterocycles. The van der Waals surface area contributed by atoms with Crippen LogP contribution in [0.4, 0.5) is 5.69 Å². The standard InChI is InChI=1S/C24H22N2O/c27-24(20-10-5-2-6-11-20)26-22-16-15-19(21-12-7-17-25-23(21)22)14-13-18-8-3-1-4-9-18/h1,3-4,7-9,12,15-17,20H,2,5-6,10-11H2,(H,26,27). The molecule has 134 valence electrons. The molecule has 4 rings (SSSR count). The highest BCUT2D eigenvalue weighted by molar-refractivity contribution is 6.02. The Morgan fingerprint density at radius 3 is 2.56 bits per heavy atom. The zero-order chi connectivity index (χ0) is 18.5. The van der Waals surface area contributed by atoms with E-state index in [9.17, 15) is 4.79 Å². The van der Waals surface area contributed by atoms with Gasteiger partial charge in [0.15, 0.2) is 0 Å². The molecular formula is C24H22N2O. The maximum atomic E-state index is 12.6. The van der Waals surface area contributed by atoms with Crippen LogP contribution in [-0.4, -0.2) is 10.9 Å². The van der Waals surface area contributed by atoms with E-state index in [0.717, 1.165) is 53.4 Å². The van der Waals surface area contributed by atoms with Crippen molar-refractivity contribution in [3.05, 3.63) is 71.9 Å². The molecule has 3 aromatic rings. The Balaban J connectivity index is 1.64. The predicted molar refractivity (Wildman–Crippen MR) is 109 cm³/mol. The van der Waals surface area contributed by atoms with E-state index in [4.69, 9.17) is 0 Å². The smallest absolute Gasteiger partial charge is 0.227 e. The summed E-state index contributed by atoms with van der Waals surface area (Å²) in [7, 11) is 0. The predicted octanol–water partition coefficient (Wildman–Crippen LogP) is 5.15. The largest absolute Gasteiger partial charge is 0.324 e. The fourth-order valence-corrected chi connectivity index (χ4v) is 3.64. The number of anilines is 1. The van der Waals surface area contributed by atoms with Gasteiger partial charge < -0.3 is 5.32 Å². The molecule has 0 spiro atoms. The molecule has 27 heavy (non-hydrogen) atoms. The molecule has 1 heterocycles. The van der Waals surface area contributed by atoms with Crippen LogP contribution in [0.3, 0.4) is 0 Å². The lowest BCUT2D eigenvalue weighted by atomic mass is 9.88. The highest BCUT2D eigenvalue weighted by Crippen LogP contribution is 2.28. The van der Waals surface area contributed by atoms with Crippen LogP contribution >= 0.6 is 0 Å². The normalized spacial score (nSPS) is 14.4. The van der Waals surface area contributed by atoms with Crippen molar-refractivity contribution in [3.63, 3.8) is 0 Å². The molecule has 1 aliphatic carbocycles. The third-order valence-corrected chi connectivity index (χ3v) is 5.12. The van der Waals surface area contributed by atoms with E-state index in [0.29, 0.717) is 0 Å². The Morgan fingerprint density at radius 1 is 0.926 bits per heavy atom. The molecule has 1 fully saturated rings. The van der Waals surface area contributed by atoms with Crippen LogP contribution in [0.5, 0.6) is 0 Å². The summed E-state index contributed by atoms with van der Waals surface area (Å²) in [4.78, 5) is 17.2. The molecule has 1 saturated carbocycles. The van der Waals surface area contributed by atoms with Crippen LogP contribution in [0.1, 0.15) is 43.2 Å². The van der Waals surface area contributed by atoms with Gasteiger partial charge in [0.05, 0.1) is 11.2 Å². The van der Waals surface area contributed by atoms with Gasteiger partial charge in [0.25, 0.3) is 0 Å². The first-order valence-corrected chi connectivity index (χ1v) is 9.57. The number of rotatable bonds is 2. The van der Waals surface area contributed by atoms with Crippen molar-refractivity contribution in [1.29, 1.82) is 0 Å². The Morgan fingerprint density at radius 2 is 1.74 bits per heavy atom. The average molecular weight is 354 g/mol. The first-order valence-electron chi connectivity index (χ1n) is 9.57. The minimum atomic E-state index is 0.116. The van der Waals surface area contributed by atoms with Gasteiger partial charge in [0, 0.05) is 28.6 Å². The van der Waals surface area contributed by atoms with Gasteiger partial charge in [-0.2, -0.15) is 0 Å². The average Bonchev–Trinajstić information content (AvgIpc) is 2.74. The van der Waals surface area contributed by atoms with Crippen LogP contribution in [0.15, 0.2) is 60.8 Å². The number of fused-ring (bicyclic) bond motifs is 1. The summed E-state index contributed by atoms with van der Waals surface area (Å²) in [6.45, 7) is 0. The van der Waals surface area contributed by atoms with Crippen molar-refractivity contribution in [2.24, 2.45) is 5.92 Å². The molecule has 0 radical (unpaired) electrons. The SMILES string of the molecule is O=C(Nc1ccc(C#Cc2ccccc2)c2cccnc12)C1CCCCC1. The molecule has 0 unspecified atom stereocenters. The Hall–Kier alpha value is -3.12. The highest BCUT2D eigenvalue weighted by Gasteiger charge is 2.21. The molecule has 3 nitrogen and oxygen atoms in total. The van der Waals surface area contributed by atoms with Gasteiger partial charge >= 0.3 is 0 Å². The van der Waals surface area contributed by atoms with Crippen molar-refractivity contribution in [1.82, 2.24) is 4.98 Å². The first kappa shape index (κ1) is 17.3. The van der Waals surface area contributed by atoms with E-state index in [2.05, 4.69) is 22.1 Å². The number of hydrogen-bond acceptors (Lipinski definition) is 2. The summed E-state index contributed by atoms with van der Waals surface area (Å²) < 4.78 is 0. The molecule has 3 heteroatoms. The molecule has 1 aliphatic rings. The van der Waals surface area contributed by atoms with Crippen LogP contribution in [0.2, 0.25) is 0 Å². The molecule has 2 aromatic carbocycles. The molecule has 1 aromatic heterocycles. The Bertz CT molecular complexity index is 1010. The first-order chi connectivity index (χ1) is 13.3. The van der Waals surface area contributed by atoms with E-state index in [1.54, 1.807) is 6.20 Å². The molecule has 1 amide bonds. The summed E-state index contributed by atoms with van der Waals surface area (Å²) in [5.74, 6) is 6.68. The van der Waals surface area contributed by atoms with Gasteiger partial charge in [-0.1, -0.05) is 49.3 Å². The lowest BCUT2D eigenvalue weighted by molar-refractivity contribution is -0.120. The van der Waals surface area contributed by atoms with Crippen molar-refractivity contribution in [3.8, 4) is 11.8 Å². The molecule has 0 saturated heterocycles. The maximum absolute atomic E-state index is 12.6. The fourth-order valence-electron chi connectivity index (χ4n) is 3.64. The number of pyridine rings is 1. The van der Waals surface area contributed by atoms with Gasteiger partial charge in [0.1, 0.15) is 0 Å². The zero-order valence-electron chi connectivity index (χ0n) is 15.2. The second kappa shape index (κ2) is 8.05. The minimum Gasteiger partial charge on any atom is -0.324 e. The molecule has 0 atom stereocenters. The molecular weight excluding hydrogens is 332 g/mol. The number of amides is 1. The van der Waals surface area contributed by atoms with Gasteiger partial charge in [-0.3, -0.25) is 9.78 Å². The van der Waals surface area contributed by atoms with Crippen LogP contribution < -0.4 is 5.32 Å². The molecule has 1 N–H and O–H groups in total.